The SMILES string of the molecule is Cn1c(N)c(N=Nc2ccc(Br)cc2)c(=O)n(C)c1=O. The van der Waals surface area contributed by atoms with E-state index in [4.69, 9.17) is 5.73 Å². The van der Waals surface area contributed by atoms with Crippen molar-refractivity contribution < 1.29 is 0 Å². The average molecular weight is 338 g/mol. The molecule has 0 radical (unpaired) electrons. The van der Waals surface area contributed by atoms with Gasteiger partial charge >= 0.3 is 5.69 Å². The minimum atomic E-state index is -0.577. The van der Waals surface area contributed by atoms with Crippen molar-refractivity contribution in [2.45, 2.75) is 0 Å². The van der Waals surface area contributed by atoms with Crippen LogP contribution < -0.4 is 17.0 Å². The zero-order valence-corrected chi connectivity index (χ0v) is 12.5. The molecule has 7 nitrogen and oxygen atoms in total. The average Bonchev–Trinajstić information content (AvgIpc) is 2.45. The zero-order chi connectivity index (χ0) is 14.9. The predicted molar refractivity (Wildman–Crippen MR) is 79.7 cm³/mol. The number of benzene rings is 1. The third-order valence-electron chi connectivity index (χ3n) is 2.78. The van der Waals surface area contributed by atoms with Gasteiger partial charge in [-0.1, -0.05) is 15.9 Å². The van der Waals surface area contributed by atoms with Crippen molar-refractivity contribution in [3.05, 3.63) is 49.6 Å². The molecule has 0 aliphatic rings. The molecule has 0 fully saturated rings. The molecular weight excluding hydrogens is 326 g/mol. The Kier molecular flexibility index (Phi) is 3.84. The molecule has 0 aliphatic heterocycles. The number of aromatic nitrogens is 2. The normalized spacial score (nSPS) is 11.2. The summed E-state index contributed by atoms with van der Waals surface area (Å²) in [5.41, 5.74) is 5.16. The van der Waals surface area contributed by atoms with E-state index in [2.05, 4.69) is 26.2 Å². The lowest BCUT2D eigenvalue weighted by molar-refractivity contribution is 0.694. The maximum absolute atomic E-state index is 11.9. The fourth-order valence-corrected chi connectivity index (χ4v) is 1.82. The van der Waals surface area contributed by atoms with Gasteiger partial charge in [-0.25, -0.2) is 4.79 Å². The Balaban J connectivity index is 2.52. The van der Waals surface area contributed by atoms with E-state index in [0.717, 1.165) is 13.6 Å². The summed E-state index contributed by atoms with van der Waals surface area (Å²) in [7, 11) is 2.83. The second-order valence-corrected chi connectivity index (χ2v) is 5.03. The molecule has 8 heteroatoms. The Hall–Kier alpha value is -2.22. The maximum atomic E-state index is 11.9. The van der Waals surface area contributed by atoms with Crippen LogP contribution in [0.5, 0.6) is 0 Å². The Morgan fingerprint density at radius 1 is 1.05 bits per heavy atom. The molecule has 1 aromatic carbocycles. The summed E-state index contributed by atoms with van der Waals surface area (Å²) in [6.07, 6.45) is 0. The van der Waals surface area contributed by atoms with Gasteiger partial charge < -0.3 is 5.73 Å². The Bertz CT molecular complexity index is 789. The van der Waals surface area contributed by atoms with Crippen LogP contribution >= 0.6 is 15.9 Å². The highest BCUT2D eigenvalue weighted by molar-refractivity contribution is 9.10. The molecule has 0 bridgehead atoms. The molecule has 2 rings (SSSR count). The first-order chi connectivity index (χ1) is 9.41. The van der Waals surface area contributed by atoms with Crippen LogP contribution in [0.15, 0.2) is 48.6 Å². The molecule has 0 amide bonds. The highest BCUT2D eigenvalue weighted by Gasteiger charge is 2.12. The lowest BCUT2D eigenvalue weighted by Crippen LogP contribution is -2.37. The van der Waals surface area contributed by atoms with Crippen LogP contribution in [-0.2, 0) is 14.1 Å². The molecule has 0 spiro atoms. The van der Waals surface area contributed by atoms with Gasteiger partial charge in [-0.15, -0.1) is 5.11 Å². The van der Waals surface area contributed by atoms with Gasteiger partial charge in [-0.05, 0) is 24.3 Å². The molecule has 20 heavy (non-hydrogen) atoms. The maximum Gasteiger partial charge on any atom is 0.332 e. The fraction of sp³-hybridized carbons (Fsp3) is 0.167. The van der Waals surface area contributed by atoms with Crippen molar-refractivity contribution in [1.82, 2.24) is 9.13 Å². The molecule has 104 valence electrons. The van der Waals surface area contributed by atoms with Crippen LogP contribution in [0, 0.1) is 0 Å². The monoisotopic (exact) mass is 337 g/mol. The zero-order valence-electron chi connectivity index (χ0n) is 10.9. The molecule has 2 N–H and O–H groups in total. The largest absolute Gasteiger partial charge is 0.383 e. The number of azo groups is 1. The van der Waals surface area contributed by atoms with Crippen molar-refractivity contribution in [1.29, 1.82) is 0 Å². The minimum absolute atomic E-state index is 0.0149. The summed E-state index contributed by atoms with van der Waals surface area (Å²) < 4.78 is 3.00. The molecule has 1 heterocycles. The van der Waals surface area contributed by atoms with Crippen LogP contribution in [-0.4, -0.2) is 9.13 Å². The van der Waals surface area contributed by atoms with Crippen LogP contribution in [0.3, 0.4) is 0 Å². The van der Waals surface area contributed by atoms with E-state index in [-0.39, 0.29) is 11.5 Å². The lowest BCUT2D eigenvalue weighted by atomic mass is 10.3. The fourth-order valence-electron chi connectivity index (χ4n) is 1.55. The third kappa shape index (κ3) is 2.55. The summed E-state index contributed by atoms with van der Waals surface area (Å²) in [5, 5.41) is 7.81. The van der Waals surface area contributed by atoms with Crippen LogP contribution in [0.4, 0.5) is 17.2 Å². The van der Waals surface area contributed by atoms with E-state index in [9.17, 15) is 9.59 Å². The van der Waals surface area contributed by atoms with Gasteiger partial charge in [0.15, 0.2) is 5.69 Å². The Morgan fingerprint density at radius 2 is 1.65 bits per heavy atom. The number of nitrogens with two attached hydrogens (primary N) is 1. The van der Waals surface area contributed by atoms with E-state index in [0.29, 0.717) is 5.69 Å². The first-order valence-corrected chi connectivity index (χ1v) is 6.44. The summed E-state index contributed by atoms with van der Waals surface area (Å²) in [5.74, 6) is -0.0149. The smallest absolute Gasteiger partial charge is 0.332 e. The van der Waals surface area contributed by atoms with Crippen molar-refractivity contribution in [2.75, 3.05) is 5.73 Å². The van der Waals surface area contributed by atoms with Crippen molar-refractivity contribution in [3.8, 4) is 0 Å². The Labute approximate surface area is 122 Å². The summed E-state index contributed by atoms with van der Waals surface area (Å²) in [6, 6.07) is 7.07. The van der Waals surface area contributed by atoms with E-state index >= 15 is 0 Å². The van der Waals surface area contributed by atoms with Gasteiger partial charge in [0.25, 0.3) is 5.56 Å². The van der Waals surface area contributed by atoms with Gasteiger partial charge in [0.1, 0.15) is 5.82 Å². The van der Waals surface area contributed by atoms with Crippen LogP contribution in [0.1, 0.15) is 0 Å². The molecule has 0 saturated heterocycles. The number of hydrogen-bond donors (Lipinski definition) is 1. The molecule has 2 aromatic rings. The summed E-state index contributed by atoms with van der Waals surface area (Å²) >= 11 is 3.31. The van der Waals surface area contributed by atoms with Gasteiger partial charge in [-0.2, -0.15) is 5.11 Å². The Morgan fingerprint density at radius 3 is 2.25 bits per heavy atom. The lowest BCUT2D eigenvalue weighted by Gasteiger charge is -2.07. The van der Waals surface area contributed by atoms with Crippen molar-refractivity contribution >= 4 is 33.1 Å². The number of rotatable bonds is 2. The number of nitrogen functional groups attached to an aromatic ring is 1. The van der Waals surface area contributed by atoms with Crippen LogP contribution in [0.25, 0.3) is 0 Å². The molecule has 0 unspecified atom stereocenters. The van der Waals surface area contributed by atoms with E-state index in [1.54, 1.807) is 24.3 Å². The van der Waals surface area contributed by atoms with Gasteiger partial charge in [0.2, 0.25) is 0 Å². The first-order valence-electron chi connectivity index (χ1n) is 5.64. The highest BCUT2D eigenvalue weighted by Crippen LogP contribution is 2.20. The predicted octanol–water partition coefficient (Wildman–Crippen LogP) is 1.84. The topological polar surface area (TPSA) is 94.7 Å². The molecular formula is C12H12BrN5O2. The van der Waals surface area contributed by atoms with Crippen LogP contribution in [0.2, 0.25) is 0 Å². The summed E-state index contributed by atoms with van der Waals surface area (Å²) in [6.45, 7) is 0. The van der Waals surface area contributed by atoms with Gasteiger partial charge in [0, 0.05) is 18.6 Å². The molecule has 0 saturated carbocycles. The standard InChI is InChI=1S/C12H12BrN5O2/c1-17-10(14)9(11(19)18(2)12(17)20)16-15-8-5-3-7(13)4-6-8/h3-6H,14H2,1-2H3. The van der Waals surface area contributed by atoms with E-state index in [1.165, 1.54) is 14.1 Å². The number of hydrogen-bond acceptors (Lipinski definition) is 5. The highest BCUT2D eigenvalue weighted by atomic mass is 79.9. The van der Waals surface area contributed by atoms with Gasteiger partial charge in [-0.3, -0.25) is 13.9 Å². The minimum Gasteiger partial charge on any atom is -0.383 e. The first kappa shape index (κ1) is 14.2. The second-order valence-electron chi connectivity index (χ2n) is 4.12. The molecule has 0 aliphatic carbocycles. The third-order valence-corrected chi connectivity index (χ3v) is 3.31. The molecule has 1 aromatic heterocycles. The van der Waals surface area contributed by atoms with E-state index in [1.807, 2.05) is 0 Å². The quantitative estimate of drug-likeness (QED) is 0.847. The summed E-state index contributed by atoms with van der Waals surface area (Å²) in [4.78, 5) is 23.6. The van der Waals surface area contributed by atoms with Gasteiger partial charge in [0.05, 0.1) is 5.69 Å². The van der Waals surface area contributed by atoms with Crippen molar-refractivity contribution in [3.63, 3.8) is 0 Å². The van der Waals surface area contributed by atoms with Crippen molar-refractivity contribution in [2.24, 2.45) is 24.3 Å². The van der Waals surface area contributed by atoms with E-state index < -0.39 is 11.2 Å². The number of halogens is 1. The number of anilines is 1. The second kappa shape index (κ2) is 5.41. The molecule has 0 atom stereocenters. The number of nitrogens with zero attached hydrogens (tertiary/aromatic N) is 4.